The molecule has 1 fully saturated rings. The average molecular weight is 421 g/mol. The molecule has 0 atom stereocenters. The summed E-state index contributed by atoms with van der Waals surface area (Å²) < 4.78 is 38.1. The van der Waals surface area contributed by atoms with Gasteiger partial charge in [0, 0.05) is 37.0 Å². The van der Waals surface area contributed by atoms with E-state index in [-0.39, 0.29) is 0 Å². The van der Waals surface area contributed by atoms with Crippen LogP contribution in [-0.2, 0) is 12.6 Å². The number of H-pyrrole nitrogens is 2. The van der Waals surface area contributed by atoms with E-state index < -0.39 is 11.9 Å². The van der Waals surface area contributed by atoms with Gasteiger partial charge in [-0.05, 0) is 50.5 Å². The highest BCUT2D eigenvalue weighted by Crippen LogP contribution is 2.35. The summed E-state index contributed by atoms with van der Waals surface area (Å²) in [5.41, 5.74) is 1.78. The molecule has 10 heteroatoms. The molecule has 0 aliphatic carbocycles. The number of hydrogen-bond donors (Lipinski definition) is 3. The summed E-state index contributed by atoms with van der Waals surface area (Å²) >= 11 is 0. The first-order valence-electron chi connectivity index (χ1n) is 9.81. The van der Waals surface area contributed by atoms with Crippen LogP contribution in [0.5, 0.6) is 0 Å². The summed E-state index contributed by atoms with van der Waals surface area (Å²) in [4.78, 5) is 9.33. The fraction of sp³-hybridized carbons (Fsp3) is 0.450. The molecule has 0 saturated carbocycles. The number of halogens is 3. The number of aryl methyl sites for hydroxylation is 1. The predicted molar refractivity (Wildman–Crippen MR) is 112 cm³/mol. The highest BCUT2D eigenvalue weighted by atomic mass is 19.4. The Labute approximate surface area is 173 Å². The number of aromatic nitrogens is 3. The van der Waals surface area contributed by atoms with Gasteiger partial charge >= 0.3 is 6.18 Å². The number of aromatic amines is 2. The Bertz CT molecular complexity index is 915. The summed E-state index contributed by atoms with van der Waals surface area (Å²) in [6.07, 6.45) is 4.20. The number of alkyl halides is 3. The lowest BCUT2D eigenvalue weighted by molar-refractivity contribution is -0.141. The van der Waals surface area contributed by atoms with Gasteiger partial charge in [-0.3, -0.25) is 5.10 Å². The molecule has 1 aliphatic rings. The third-order valence-electron chi connectivity index (χ3n) is 5.41. The first-order chi connectivity index (χ1) is 14.4. The van der Waals surface area contributed by atoms with E-state index in [1.54, 1.807) is 0 Å². The van der Waals surface area contributed by atoms with Crippen molar-refractivity contribution in [2.45, 2.75) is 44.7 Å². The lowest BCUT2D eigenvalue weighted by Crippen LogP contribution is -2.38. The SMILES string of the molecule is C=Nc1[nH]cc(C2CCN(/C(CCc3cc(C(F)(F)F)n[nH]3)=N\N)CC2)c1C=CC. The molecule has 4 N–H and O–H groups in total. The van der Waals surface area contributed by atoms with Crippen LogP contribution >= 0.6 is 0 Å². The Hall–Kier alpha value is -3.04. The molecule has 2 aromatic heterocycles. The predicted octanol–water partition coefficient (Wildman–Crippen LogP) is 4.21. The fourth-order valence-electron chi connectivity index (χ4n) is 3.88. The lowest BCUT2D eigenvalue weighted by Gasteiger charge is -2.34. The van der Waals surface area contributed by atoms with E-state index in [4.69, 9.17) is 5.84 Å². The van der Waals surface area contributed by atoms with Crippen LogP contribution in [0.3, 0.4) is 0 Å². The van der Waals surface area contributed by atoms with Gasteiger partial charge in [0.2, 0.25) is 0 Å². The number of amidine groups is 1. The first kappa shape index (κ1) is 21.7. The summed E-state index contributed by atoms with van der Waals surface area (Å²) in [5.74, 6) is 7.41. The van der Waals surface area contributed by atoms with Crippen molar-refractivity contribution in [3.05, 3.63) is 40.9 Å². The Balaban J connectivity index is 1.59. The second-order valence-electron chi connectivity index (χ2n) is 7.25. The highest BCUT2D eigenvalue weighted by molar-refractivity contribution is 5.82. The van der Waals surface area contributed by atoms with Crippen molar-refractivity contribution in [1.82, 2.24) is 20.1 Å². The number of rotatable bonds is 6. The quantitative estimate of drug-likeness (QED) is 0.282. The molecule has 1 saturated heterocycles. The van der Waals surface area contributed by atoms with Crippen LogP contribution in [0.15, 0.2) is 28.4 Å². The number of nitrogens with two attached hydrogens (primary N) is 1. The van der Waals surface area contributed by atoms with Crippen molar-refractivity contribution < 1.29 is 13.2 Å². The molecule has 0 bridgehead atoms. The number of hydrogen-bond acceptors (Lipinski definition) is 4. The minimum atomic E-state index is -4.45. The van der Waals surface area contributed by atoms with Crippen molar-refractivity contribution in [2.75, 3.05) is 13.1 Å². The minimum Gasteiger partial charge on any atom is -0.359 e. The van der Waals surface area contributed by atoms with E-state index in [1.165, 1.54) is 5.56 Å². The van der Waals surface area contributed by atoms with Gasteiger partial charge in [0.05, 0.1) is 0 Å². The molecule has 30 heavy (non-hydrogen) atoms. The Morgan fingerprint density at radius 2 is 2.13 bits per heavy atom. The fourth-order valence-corrected chi connectivity index (χ4v) is 3.88. The van der Waals surface area contributed by atoms with Gasteiger partial charge in [0.25, 0.3) is 0 Å². The summed E-state index contributed by atoms with van der Waals surface area (Å²) in [7, 11) is 0. The van der Waals surface area contributed by atoms with Crippen molar-refractivity contribution in [3.63, 3.8) is 0 Å². The normalized spacial score (nSPS) is 16.5. The zero-order valence-corrected chi connectivity index (χ0v) is 16.8. The van der Waals surface area contributed by atoms with Crippen LogP contribution in [0.25, 0.3) is 6.08 Å². The molecule has 0 unspecified atom stereocenters. The second-order valence-corrected chi connectivity index (χ2v) is 7.25. The maximum Gasteiger partial charge on any atom is 0.435 e. The smallest absolute Gasteiger partial charge is 0.359 e. The average Bonchev–Trinajstić information content (AvgIpc) is 3.36. The monoisotopic (exact) mass is 421 g/mol. The number of nitrogens with one attached hydrogen (secondary N) is 2. The van der Waals surface area contributed by atoms with E-state index in [9.17, 15) is 13.2 Å². The third-order valence-corrected chi connectivity index (χ3v) is 5.41. The van der Waals surface area contributed by atoms with Crippen LogP contribution in [0.1, 0.15) is 54.6 Å². The van der Waals surface area contributed by atoms with Crippen molar-refractivity contribution in [2.24, 2.45) is 15.9 Å². The number of aliphatic imine (C=N–C) groups is 1. The molecule has 0 spiro atoms. The Morgan fingerprint density at radius 3 is 2.70 bits per heavy atom. The molecule has 3 rings (SSSR count). The Morgan fingerprint density at radius 1 is 1.40 bits per heavy atom. The standard InChI is InChI=1S/C20H26F3N7/c1-3-4-15-16(12-26-19(15)25-2)13-7-9-30(10-8-13)18(27-24)6-5-14-11-17(29-28-14)20(21,22)23/h3-4,11-13,26H,2,5-10,24H2,1H3,(H,28,29)/b4-3?,27-18-. The molecule has 1 aliphatic heterocycles. The molecule has 0 aromatic carbocycles. The molecule has 0 amide bonds. The number of likely N-dealkylation sites (tertiary alicyclic amines) is 1. The van der Waals surface area contributed by atoms with Crippen LogP contribution < -0.4 is 5.84 Å². The van der Waals surface area contributed by atoms with Gasteiger partial charge < -0.3 is 15.7 Å². The van der Waals surface area contributed by atoms with E-state index in [1.807, 2.05) is 25.3 Å². The zero-order valence-electron chi connectivity index (χ0n) is 16.8. The minimum absolute atomic E-state index is 0.358. The first-order valence-corrected chi connectivity index (χ1v) is 9.81. The summed E-state index contributed by atoms with van der Waals surface area (Å²) in [6, 6.07) is 1.03. The van der Waals surface area contributed by atoms with E-state index in [0.29, 0.717) is 30.3 Å². The van der Waals surface area contributed by atoms with E-state index >= 15 is 0 Å². The number of hydrazone groups is 1. The van der Waals surface area contributed by atoms with Crippen LogP contribution in [0.2, 0.25) is 0 Å². The molecular weight excluding hydrogens is 395 g/mol. The largest absolute Gasteiger partial charge is 0.435 e. The zero-order chi connectivity index (χ0) is 21.7. The topological polar surface area (TPSA) is 98.5 Å². The van der Waals surface area contributed by atoms with Crippen molar-refractivity contribution in [3.8, 4) is 0 Å². The number of nitrogens with zero attached hydrogens (tertiary/aromatic N) is 4. The molecule has 3 heterocycles. The van der Waals surface area contributed by atoms with Crippen molar-refractivity contribution in [1.29, 1.82) is 0 Å². The summed E-state index contributed by atoms with van der Waals surface area (Å²) in [5, 5.41) is 9.66. The third kappa shape index (κ3) is 4.74. The van der Waals surface area contributed by atoms with Gasteiger partial charge in [-0.25, -0.2) is 4.99 Å². The molecule has 162 valence electrons. The highest BCUT2D eigenvalue weighted by Gasteiger charge is 2.34. The van der Waals surface area contributed by atoms with Crippen LogP contribution in [-0.4, -0.2) is 45.7 Å². The molecule has 2 aromatic rings. The van der Waals surface area contributed by atoms with Crippen molar-refractivity contribution >= 4 is 24.4 Å². The lowest BCUT2D eigenvalue weighted by atomic mass is 9.88. The van der Waals surface area contributed by atoms with Crippen LogP contribution in [0.4, 0.5) is 19.0 Å². The van der Waals surface area contributed by atoms with Gasteiger partial charge in [0.15, 0.2) is 5.69 Å². The maximum absolute atomic E-state index is 12.7. The Kier molecular flexibility index (Phi) is 6.63. The van der Waals surface area contributed by atoms with Gasteiger partial charge in [0.1, 0.15) is 11.7 Å². The maximum atomic E-state index is 12.7. The summed E-state index contributed by atoms with van der Waals surface area (Å²) in [6.45, 7) is 7.13. The second kappa shape index (κ2) is 9.19. The molecule has 0 radical (unpaired) electrons. The number of allylic oxidation sites excluding steroid dienone is 1. The molecular formula is C20H26F3N7. The molecule has 7 nitrogen and oxygen atoms in total. The number of piperidine rings is 1. The van der Waals surface area contributed by atoms with E-state index in [0.717, 1.165) is 43.4 Å². The van der Waals surface area contributed by atoms with Gasteiger partial charge in [-0.2, -0.15) is 23.4 Å². The van der Waals surface area contributed by atoms with Gasteiger partial charge in [-0.1, -0.05) is 12.2 Å². The van der Waals surface area contributed by atoms with Gasteiger partial charge in [-0.15, -0.1) is 0 Å². The van der Waals surface area contributed by atoms with E-state index in [2.05, 4.69) is 36.9 Å². The van der Waals surface area contributed by atoms with Crippen LogP contribution in [0, 0.1) is 0 Å².